The normalized spacial score (nSPS) is 18.4. The molecule has 2 aliphatic rings. The van der Waals surface area contributed by atoms with Gasteiger partial charge in [-0.15, -0.1) is 0 Å². The van der Waals surface area contributed by atoms with Crippen molar-refractivity contribution in [3.05, 3.63) is 28.8 Å². The van der Waals surface area contributed by atoms with Crippen LogP contribution < -0.4 is 10.2 Å². The highest BCUT2D eigenvalue weighted by atomic mass is 32.1. The SMILES string of the molecule is FC(F)(F)c1nc(-c2nc3ccc(CCN4CCCC4)cc3[nH]2)c(N2CCNCC2)s1. The van der Waals surface area contributed by atoms with Crippen molar-refractivity contribution >= 4 is 27.4 Å². The molecule has 0 aliphatic carbocycles. The maximum Gasteiger partial charge on any atom is 0.443 e. The number of benzene rings is 1. The Morgan fingerprint density at radius 1 is 1.03 bits per heavy atom. The van der Waals surface area contributed by atoms with Crippen LogP contribution in [0.2, 0.25) is 0 Å². The van der Waals surface area contributed by atoms with E-state index in [1.165, 1.54) is 18.4 Å². The van der Waals surface area contributed by atoms with E-state index in [0.29, 0.717) is 35.3 Å². The third-order valence-corrected chi connectivity index (χ3v) is 7.10. The summed E-state index contributed by atoms with van der Waals surface area (Å²) in [5.41, 5.74) is 3.06. The molecule has 2 N–H and O–H groups in total. The summed E-state index contributed by atoms with van der Waals surface area (Å²) in [7, 11) is 0. The fourth-order valence-electron chi connectivity index (χ4n) is 4.29. The monoisotopic (exact) mass is 450 g/mol. The number of alkyl halides is 3. The number of hydrogen-bond acceptors (Lipinski definition) is 6. The number of aromatic amines is 1. The molecule has 0 spiro atoms. The van der Waals surface area contributed by atoms with Crippen molar-refractivity contribution in [1.82, 2.24) is 25.2 Å². The molecule has 0 saturated carbocycles. The first-order valence-electron chi connectivity index (χ1n) is 10.7. The molecule has 0 radical (unpaired) electrons. The summed E-state index contributed by atoms with van der Waals surface area (Å²) >= 11 is 0.700. The fourth-order valence-corrected chi connectivity index (χ4v) is 5.27. The Kier molecular flexibility index (Phi) is 5.61. The number of fused-ring (bicyclic) bond motifs is 1. The first kappa shape index (κ1) is 20.7. The Labute approximate surface area is 182 Å². The van der Waals surface area contributed by atoms with Crippen LogP contribution in [-0.4, -0.2) is 65.7 Å². The molecule has 2 fully saturated rings. The van der Waals surface area contributed by atoms with E-state index >= 15 is 0 Å². The van der Waals surface area contributed by atoms with Crippen LogP contribution in [0.1, 0.15) is 23.4 Å². The summed E-state index contributed by atoms with van der Waals surface area (Å²) in [6.45, 7) is 6.12. The van der Waals surface area contributed by atoms with Crippen molar-refractivity contribution in [2.75, 3.05) is 50.7 Å². The summed E-state index contributed by atoms with van der Waals surface area (Å²) in [5.74, 6) is 0.395. The Morgan fingerprint density at radius 2 is 1.81 bits per heavy atom. The number of nitrogens with one attached hydrogen (secondary N) is 2. The highest BCUT2D eigenvalue weighted by Gasteiger charge is 2.37. The first-order valence-corrected chi connectivity index (χ1v) is 11.5. The number of thiazole rings is 1. The van der Waals surface area contributed by atoms with Gasteiger partial charge in [0.05, 0.1) is 11.0 Å². The van der Waals surface area contributed by atoms with Crippen molar-refractivity contribution in [2.45, 2.75) is 25.4 Å². The van der Waals surface area contributed by atoms with Gasteiger partial charge in [0.2, 0.25) is 5.01 Å². The second kappa shape index (κ2) is 8.40. The molecule has 2 aromatic heterocycles. The topological polar surface area (TPSA) is 60.1 Å². The Bertz CT molecular complexity index is 1050. The van der Waals surface area contributed by atoms with E-state index < -0.39 is 11.2 Å². The Morgan fingerprint density at radius 3 is 2.55 bits per heavy atom. The minimum Gasteiger partial charge on any atom is -0.359 e. The highest BCUT2D eigenvalue weighted by Crippen LogP contribution is 2.42. The van der Waals surface area contributed by atoms with Gasteiger partial charge in [0, 0.05) is 32.7 Å². The second-order valence-corrected chi connectivity index (χ2v) is 9.12. The van der Waals surface area contributed by atoms with Gasteiger partial charge in [0.25, 0.3) is 0 Å². The van der Waals surface area contributed by atoms with Crippen LogP contribution in [0.5, 0.6) is 0 Å². The van der Waals surface area contributed by atoms with Crippen molar-refractivity contribution in [1.29, 1.82) is 0 Å². The minimum absolute atomic E-state index is 0.286. The van der Waals surface area contributed by atoms with Crippen molar-refractivity contribution < 1.29 is 13.2 Å². The number of piperazine rings is 1. The fraction of sp³-hybridized carbons (Fsp3) is 0.524. The van der Waals surface area contributed by atoms with Crippen LogP contribution in [0.15, 0.2) is 18.2 Å². The van der Waals surface area contributed by atoms with E-state index in [0.717, 1.165) is 50.2 Å². The molecule has 2 saturated heterocycles. The summed E-state index contributed by atoms with van der Waals surface area (Å²) in [4.78, 5) is 16.2. The van der Waals surface area contributed by atoms with Crippen LogP contribution in [0.4, 0.5) is 18.2 Å². The van der Waals surface area contributed by atoms with E-state index in [1.54, 1.807) is 0 Å². The average Bonchev–Trinajstić information content (AvgIpc) is 3.51. The van der Waals surface area contributed by atoms with Gasteiger partial charge in [0.15, 0.2) is 5.82 Å². The maximum atomic E-state index is 13.4. The largest absolute Gasteiger partial charge is 0.443 e. The number of H-pyrrole nitrogens is 1. The van der Waals surface area contributed by atoms with E-state index in [9.17, 15) is 13.2 Å². The number of aromatic nitrogens is 3. The number of halogens is 3. The molecular weight excluding hydrogens is 425 g/mol. The van der Waals surface area contributed by atoms with Crippen LogP contribution in [0, 0.1) is 0 Å². The van der Waals surface area contributed by atoms with E-state index in [-0.39, 0.29) is 5.69 Å². The van der Waals surface area contributed by atoms with Crippen molar-refractivity contribution in [2.24, 2.45) is 0 Å². The predicted octanol–water partition coefficient (Wildman–Crippen LogP) is 3.75. The standard InChI is InChI=1S/C21H25F3N6S/c22-21(23,24)20-28-17(19(31-20)30-11-6-25-7-12-30)18-26-15-4-3-14(13-16(15)27-18)5-10-29-8-1-2-9-29/h3-4,13,25H,1-2,5-12H2,(H,26,27). The van der Waals surface area contributed by atoms with Gasteiger partial charge in [-0.2, -0.15) is 13.2 Å². The van der Waals surface area contributed by atoms with Crippen LogP contribution in [0.3, 0.4) is 0 Å². The van der Waals surface area contributed by atoms with Gasteiger partial charge >= 0.3 is 6.18 Å². The van der Waals surface area contributed by atoms with Gasteiger partial charge in [0.1, 0.15) is 10.7 Å². The molecule has 0 bridgehead atoms. The lowest BCUT2D eigenvalue weighted by Crippen LogP contribution is -2.43. The molecule has 0 unspecified atom stereocenters. The number of rotatable bonds is 5. The summed E-state index contributed by atoms with van der Waals surface area (Å²) in [6, 6.07) is 6.06. The minimum atomic E-state index is -4.47. The van der Waals surface area contributed by atoms with Crippen LogP contribution >= 0.6 is 11.3 Å². The lowest BCUT2D eigenvalue weighted by molar-refractivity contribution is -0.137. The number of anilines is 1. The molecule has 0 amide bonds. The third kappa shape index (κ3) is 4.42. The zero-order valence-corrected chi connectivity index (χ0v) is 18.0. The van der Waals surface area contributed by atoms with Gasteiger partial charge in [-0.1, -0.05) is 17.4 Å². The lowest BCUT2D eigenvalue weighted by Gasteiger charge is -2.28. The molecule has 1 aromatic carbocycles. The summed E-state index contributed by atoms with van der Waals surface area (Å²) < 4.78 is 40.3. The molecule has 2 aliphatic heterocycles. The predicted molar refractivity (Wildman–Crippen MR) is 117 cm³/mol. The average molecular weight is 451 g/mol. The quantitative estimate of drug-likeness (QED) is 0.620. The van der Waals surface area contributed by atoms with E-state index in [4.69, 9.17) is 0 Å². The van der Waals surface area contributed by atoms with Gasteiger partial charge in [-0.3, -0.25) is 0 Å². The number of imidazole rings is 1. The Hall–Kier alpha value is -2.17. The maximum absolute atomic E-state index is 13.4. The molecule has 3 aromatic rings. The van der Waals surface area contributed by atoms with Crippen molar-refractivity contribution in [3.63, 3.8) is 0 Å². The summed E-state index contributed by atoms with van der Waals surface area (Å²) in [6.07, 6.45) is -0.983. The third-order valence-electron chi connectivity index (χ3n) is 5.94. The van der Waals surface area contributed by atoms with Gasteiger partial charge in [-0.05, 0) is 50.0 Å². The van der Waals surface area contributed by atoms with Gasteiger partial charge < -0.3 is 20.1 Å². The smallest absolute Gasteiger partial charge is 0.359 e. The van der Waals surface area contributed by atoms with Crippen LogP contribution in [0.25, 0.3) is 22.6 Å². The molecule has 5 rings (SSSR count). The molecule has 6 nitrogen and oxygen atoms in total. The first-order chi connectivity index (χ1) is 15.0. The van der Waals surface area contributed by atoms with Crippen molar-refractivity contribution in [3.8, 4) is 11.5 Å². The van der Waals surface area contributed by atoms with Gasteiger partial charge in [-0.25, -0.2) is 9.97 Å². The lowest BCUT2D eigenvalue weighted by atomic mass is 10.1. The zero-order chi connectivity index (χ0) is 21.4. The van der Waals surface area contributed by atoms with E-state index in [1.807, 2.05) is 11.0 Å². The zero-order valence-electron chi connectivity index (χ0n) is 17.1. The Balaban J connectivity index is 1.45. The number of nitrogens with zero attached hydrogens (tertiary/aromatic N) is 4. The van der Waals surface area contributed by atoms with E-state index in [2.05, 4.69) is 37.3 Å². The second-order valence-electron chi connectivity index (χ2n) is 8.14. The molecule has 166 valence electrons. The summed E-state index contributed by atoms with van der Waals surface area (Å²) in [5, 5.41) is 2.93. The molecule has 31 heavy (non-hydrogen) atoms. The van der Waals surface area contributed by atoms with Crippen LogP contribution in [-0.2, 0) is 12.6 Å². The number of likely N-dealkylation sites (tertiary alicyclic amines) is 1. The molecule has 0 atom stereocenters. The molecule has 4 heterocycles. The molecule has 10 heteroatoms. The molecular formula is C21H25F3N6S. The highest BCUT2D eigenvalue weighted by molar-refractivity contribution is 7.16. The number of hydrogen-bond donors (Lipinski definition) is 2.